The van der Waals surface area contributed by atoms with Gasteiger partial charge in [-0.05, 0) is 6.42 Å². The Bertz CT molecular complexity index is 116. The fourth-order valence-electron chi connectivity index (χ4n) is 0.870. The number of rotatable bonds is 2. The highest BCUT2D eigenvalue weighted by atomic mass is 31.2. The van der Waals surface area contributed by atoms with E-state index < -0.39 is 8.60 Å². The lowest BCUT2D eigenvalue weighted by Gasteiger charge is -2.34. The zero-order valence-corrected chi connectivity index (χ0v) is 7.38. The van der Waals surface area contributed by atoms with Gasteiger partial charge in [-0.1, -0.05) is 6.92 Å². The van der Waals surface area contributed by atoms with Crippen molar-refractivity contribution in [3.8, 4) is 0 Å². The zero-order chi connectivity index (χ0) is 8.32. The summed E-state index contributed by atoms with van der Waals surface area (Å²) in [5, 5.41) is 8.99. The minimum Gasteiger partial charge on any atom is -0.396 e. The Hall–Kier alpha value is 0.270. The second-order valence-electron chi connectivity index (χ2n) is 2.80. The molecule has 0 aromatic heterocycles. The van der Waals surface area contributed by atoms with Crippen molar-refractivity contribution >= 4 is 8.60 Å². The Morgan fingerprint density at radius 1 is 1.45 bits per heavy atom. The fourth-order valence-corrected chi connectivity index (χ4v) is 1.71. The van der Waals surface area contributed by atoms with Gasteiger partial charge in [-0.3, -0.25) is 0 Å². The van der Waals surface area contributed by atoms with Crippen molar-refractivity contribution in [1.82, 2.24) is 0 Å². The Labute approximate surface area is 67.1 Å². The van der Waals surface area contributed by atoms with Crippen LogP contribution in [0.1, 0.15) is 13.3 Å². The molecule has 0 radical (unpaired) electrons. The summed E-state index contributed by atoms with van der Waals surface area (Å²) < 4.78 is 9.83. The van der Waals surface area contributed by atoms with E-state index >= 15 is 0 Å². The Morgan fingerprint density at radius 2 is 2.00 bits per heavy atom. The van der Waals surface area contributed by atoms with Crippen LogP contribution in [0.25, 0.3) is 0 Å². The summed E-state index contributed by atoms with van der Waals surface area (Å²) >= 11 is 0. The molecule has 11 heavy (non-hydrogen) atoms. The van der Waals surface area contributed by atoms with Crippen molar-refractivity contribution in [2.45, 2.75) is 13.3 Å². The molecule has 0 aromatic rings. The number of hydrogen-bond donors (Lipinski definition) is 2. The highest BCUT2D eigenvalue weighted by molar-refractivity contribution is 7.40. The van der Waals surface area contributed by atoms with Crippen LogP contribution in [0.3, 0.4) is 0 Å². The van der Waals surface area contributed by atoms with Crippen molar-refractivity contribution in [1.29, 1.82) is 0 Å². The lowest BCUT2D eigenvalue weighted by molar-refractivity contribution is -0.0234. The minimum atomic E-state index is -1.67. The number of aliphatic hydroxyl groups excluding tert-OH is 1. The predicted octanol–water partition coefficient (Wildman–Crippen LogP) is 0.641. The van der Waals surface area contributed by atoms with Crippen LogP contribution in [0, 0.1) is 5.41 Å². The van der Waals surface area contributed by atoms with Crippen molar-refractivity contribution in [3.05, 3.63) is 0 Å². The normalized spacial score (nSPS) is 39.0. The van der Waals surface area contributed by atoms with E-state index in [1.165, 1.54) is 0 Å². The average Bonchev–Trinajstić information content (AvgIpc) is 2.07. The molecule has 0 saturated carbocycles. The molecule has 5 heteroatoms. The summed E-state index contributed by atoms with van der Waals surface area (Å²) in [6, 6.07) is 0. The van der Waals surface area contributed by atoms with Gasteiger partial charge >= 0.3 is 8.60 Å². The lowest BCUT2D eigenvalue weighted by Crippen LogP contribution is -2.37. The number of aliphatic hydroxyl groups is 1. The maximum absolute atomic E-state index is 8.99. The van der Waals surface area contributed by atoms with E-state index in [9.17, 15) is 0 Å². The number of hydrogen-bond acceptors (Lipinski definition) is 4. The van der Waals surface area contributed by atoms with Gasteiger partial charge in [-0.15, -0.1) is 0 Å². The fraction of sp³-hybridized carbons (Fsp3) is 1.00. The Morgan fingerprint density at radius 3 is 2.36 bits per heavy atom. The van der Waals surface area contributed by atoms with Crippen LogP contribution in [-0.4, -0.2) is 29.8 Å². The summed E-state index contributed by atoms with van der Waals surface area (Å²) in [4.78, 5) is 8.87. The van der Waals surface area contributed by atoms with Crippen LogP contribution < -0.4 is 0 Å². The molecule has 0 atom stereocenters. The van der Waals surface area contributed by atoms with Crippen LogP contribution >= 0.6 is 8.60 Å². The van der Waals surface area contributed by atoms with Crippen molar-refractivity contribution in [3.63, 3.8) is 0 Å². The molecule has 0 unspecified atom stereocenters. The molecule has 4 nitrogen and oxygen atoms in total. The molecule has 0 spiro atoms. The van der Waals surface area contributed by atoms with E-state index in [1.807, 2.05) is 6.92 Å². The van der Waals surface area contributed by atoms with E-state index in [2.05, 4.69) is 0 Å². The maximum atomic E-state index is 8.99. The molecule has 1 fully saturated rings. The predicted molar refractivity (Wildman–Crippen MR) is 40.9 cm³/mol. The summed E-state index contributed by atoms with van der Waals surface area (Å²) in [6.07, 6.45) is 0.798. The molecular formula is C6H13O4P. The molecule has 1 aliphatic heterocycles. The van der Waals surface area contributed by atoms with E-state index in [0.717, 1.165) is 6.42 Å². The van der Waals surface area contributed by atoms with Gasteiger partial charge < -0.3 is 19.0 Å². The van der Waals surface area contributed by atoms with Gasteiger partial charge in [0.05, 0.1) is 19.8 Å². The first-order valence-corrected chi connectivity index (χ1v) is 4.71. The van der Waals surface area contributed by atoms with Crippen LogP contribution in [-0.2, 0) is 9.05 Å². The third kappa shape index (κ3) is 2.10. The quantitative estimate of drug-likeness (QED) is 0.612. The van der Waals surface area contributed by atoms with E-state index in [1.54, 1.807) is 0 Å². The van der Waals surface area contributed by atoms with Crippen molar-refractivity contribution < 1.29 is 19.0 Å². The van der Waals surface area contributed by atoms with Crippen LogP contribution in [0.4, 0.5) is 0 Å². The van der Waals surface area contributed by atoms with Gasteiger partial charge in [0.2, 0.25) is 0 Å². The first-order chi connectivity index (χ1) is 5.22. The first-order valence-electron chi connectivity index (χ1n) is 3.58. The molecule has 0 bridgehead atoms. The molecule has 0 aliphatic carbocycles. The monoisotopic (exact) mass is 180 g/mol. The largest absolute Gasteiger partial charge is 0.396 e. The summed E-state index contributed by atoms with van der Waals surface area (Å²) in [5.74, 6) is 0. The molecule has 1 heterocycles. The SMILES string of the molecule is CCC1(CO)COP(O)OC1. The van der Waals surface area contributed by atoms with Gasteiger partial charge in [-0.25, -0.2) is 0 Å². The van der Waals surface area contributed by atoms with Gasteiger partial charge in [0.1, 0.15) is 0 Å². The van der Waals surface area contributed by atoms with Gasteiger partial charge in [0.15, 0.2) is 0 Å². The van der Waals surface area contributed by atoms with E-state index in [4.69, 9.17) is 19.0 Å². The molecule has 1 saturated heterocycles. The highest BCUT2D eigenvalue weighted by Gasteiger charge is 2.35. The Kier molecular flexibility index (Phi) is 3.22. The Balaban J connectivity index is 2.45. The molecule has 0 amide bonds. The summed E-state index contributed by atoms with van der Waals surface area (Å²) in [5.41, 5.74) is -0.290. The third-order valence-electron chi connectivity index (χ3n) is 2.05. The van der Waals surface area contributed by atoms with Crippen LogP contribution in [0.5, 0.6) is 0 Å². The van der Waals surface area contributed by atoms with Gasteiger partial charge in [-0.2, -0.15) is 0 Å². The molecule has 2 N–H and O–H groups in total. The second kappa shape index (κ2) is 3.78. The molecule has 1 aliphatic rings. The molecule has 0 aromatic carbocycles. The minimum absolute atomic E-state index is 0.0483. The van der Waals surface area contributed by atoms with Crippen molar-refractivity contribution in [2.24, 2.45) is 5.41 Å². The lowest BCUT2D eigenvalue weighted by atomic mass is 9.88. The molecule has 1 rings (SSSR count). The van der Waals surface area contributed by atoms with Crippen LogP contribution in [0.15, 0.2) is 0 Å². The van der Waals surface area contributed by atoms with E-state index in [0.29, 0.717) is 13.2 Å². The topological polar surface area (TPSA) is 58.9 Å². The highest BCUT2D eigenvalue weighted by Crippen LogP contribution is 2.43. The second-order valence-corrected chi connectivity index (χ2v) is 3.79. The zero-order valence-electron chi connectivity index (χ0n) is 6.49. The standard InChI is InChI=1S/C6H13O4P/c1-2-6(3-7)4-9-11(8)10-5-6/h7-8H,2-5H2,1H3. The smallest absolute Gasteiger partial charge is 0.329 e. The van der Waals surface area contributed by atoms with E-state index in [-0.39, 0.29) is 12.0 Å². The van der Waals surface area contributed by atoms with Crippen LogP contribution in [0.2, 0.25) is 0 Å². The average molecular weight is 180 g/mol. The van der Waals surface area contributed by atoms with Gasteiger partial charge in [0, 0.05) is 5.41 Å². The van der Waals surface area contributed by atoms with Gasteiger partial charge in [0.25, 0.3) is 0 Å². The van der Waals surface area contributed by atoms with Crippen molar-refractivity contribution in [2.75, 3.05) is 19.8 Å². The summed E-state index contributed by atoms with van der Waals surface area (Å²) in [6.45, 7) is 2.80. The third-order valence-corrected chi connectivity index (χ3v) is 2.75. The summed E-state index contributed by atoms with van der Waals surface area (Å²) in [7, 11) is -1.67. The molecule has 66 valence electrons. The first kappa shape index (κ1) is 9.36. The maximum Gasteiger partial charge on any atom is 0.329 e. The molecular weight excluding hydrogens is 167 g/mol.